The van der Waals surface area contributed by atoms with Gasteiger partial charge in [-0.15, -0.1) is 0 Å². The summed E-state index contributed by atoms with van der Waals surface area (Å²) in [4.78, 5) is 14.8. The van der Waals surface area contributed by atoms with Crippen molar-refractivity contribution in [1.29, 1.82) is 0 Å². The van der Waals surface area contributed by atoms with Gasteiger partial charge in [0, 0.05) is 23.9 Å². The second-order valence-electron chi connectivity index (χ2n) is 6.95. The molecule has 1 saturated heterocycles. The van der Waals surface area contributed by atoms with E-state index in [4.69, 9.17) is 4.74 Å². The van der Waals surface area contributed by atoms with Crippen molar-refractivity contribution in [3.63, 3.8) is 0 Å². The average Bonchev–Trinajstić information content (AvgIpc) is 2.67. The molecule has 1 fully saturated rings. The SMILES string of the molecule is Cc1ccc(C(=O)Nc2cccc(OCCCN3CCCCC3)c2)cc1. The van der Waals surface area contributed by atoms with Crippen molar-refractivity contribution in [2.45, 2.75) is 32.6 Å². The van der Waals surface area contributed by atoms with Crippen LogP contribution in [0.5, 0.6) is 5.75 Å². The molecular weight excluding hydrogens is 324 g/mol. The third-order valence-corrected chi connectivity index (χ3v) is 4.74. The van der Waals surface area contributed by atoms with Gasteiger partial charge in [0.05, 0.1) is 6.61 Å². The van der Waals surface area contributed by atoms with Gasteiger partial charge in [-0.25, -0.2) is 0 Å². The van der Waals surface area contributed by atoms with E-state index in [2.05, 4.69) is 10.2 Å². The number of rotatable bonds is 7. The Morgan fingerprint density at radius 2 is 1.85 bits per heavy atom. The fraction of sp³-hybridized carbons (Fsp3) is 0.409. The van der Waals surface area contributed by atoms with E-state index in [-0.39, 0.29) is 5.91 Å². The van der Waals surface area contributed by atoms with Gasteiger partial charge in [-0.1, -0.05) is 30.2 Å². The summed E-state index contributed by atoms with van der Waals surface area (Å²) in [7, 11) is 0. The van der Waals surface area contributed by atoms with Gasteiger partial charge in [0.25, 0.3) is 5.91 Å². The van der Waals surface area contributed by atoms with Crippen LogP contribution in [-0.2, 0) is 0 Å². The molecule has 4 nitrogen and oxygen atoms in total. The predicted octanol–water partition coefficient (Wildman–Crippen LogP) is 4.50. The Labute approximate surface area is 156 Å². The van der Waals surface area contributed by atoms with Crippen LogP contribution in [0, 0.1) is 6.92 Å². The molecule has 26 heavy (non-hydrogen) atoms. The summed E-state index contributed by atoms with van der Waals surface area (Å²) < 4.78 is 5.86. The maximum absolute atomic E-state index is 12.3. The zero-order chi connectivity index (χ0) is 18.2. The number of piperidine rings is 1. The van der Waals surface area contributed by atoms with E-state index < -0.39 is 0 Å². The number of hydrogen-bond acceptors (Lipinski definition) is 3. The molecule has 4 heteroatoms. The van der Waals surface area contributed by atoms with E-state index in [0.717, 1.165) is 30.0 Å². The van der Waals surface area contributed by atoms with Gasteiger partial charge in [-0.3, -0.25) is 4.79 Å². The van der Waals surface area contributed by atoms with Crippen LogP contribution in [0.1, 0.15) is 41.6 Å². The van der Waals surface area contributed by atoms with E-state index in [1.807, 2.05) is 55.5 Å². The lowest BCUT2D eigenvalue weighted by Gasteiger charge is -2.26. The first-order valence-corrected chi connectivity index (χ1v) is 9.54. The highest BCUT2D eigenvalue weighted by Gasteiger charge is 2.09. The molecule has 0 unspecified atom stereocenters. The molecule has 1 N–H and O–H groups in total. The minimum absolute atomic E-state index is 0.104. The highest BCUT2D eigenvalue weighted by atomic mass is 16.5. The summed E-state index contributed by atoms with van der Waals surface area (Å²) in [6, 6.07) is 15.2. The maximum atomic E-state index is 12.3. The van der Waals surface area contributed by atoms with E-state index >= 15 is 0 Å². The van der Waals surface area contributed by atoms with Gasteiger partial charge in [-0.05, 0) is 63.5 Å². The minimum atomic E-state index is -0.104. The molecule has 138 valence electrons. The first-order valence-electron chi connectivity index (χ1n) is 9.54. The van der Waals surface area contributed by atoms with Crippen LogP contribution >= 0.6 is 0 Å². The van der Waals surface area contributed by atoms with E-state index in [1.54, 1.807) is 0 Å². The lowest BCUT2D eigenvalue weighted by Crippen LogP contribution is -2.31. The number of aryl methyl sites for hydroxylation is 1. The first-order chi connectivity index (χ1) is 12.7. The topological polar surface area (TPSA) is 41.6 Å². The number of nitrogens with one attached hydrogen (secondary N) is 1. The van der Waals surface area contributed by atoms with Gasteiger partial charge in [0.2, 0.25) is 0 Å². The number of amides is 1. The zero-order valence-electron chi connectivity index (χ0n) is 15.5. The van der Waals surface area contributed by atoms with Crippen molar-refractivity contribution in [1.82, 2.24) is 4.90 Å². The van der Waals surface area contributed by atoms with Crippen LogP contribution in [0.15, 0.2) is 48.5 Å². The standard InChI is InChI=1S/C22H28N2O2/c1-18-9-11-19(12-10-18)22(25)23-20-7-5-8-21(17-20)26-16-6-15-24-13-3-2-4-14-24/h5,7-12,17H,2-4,6,13-16H2,1H3,(H,23,25). The maximum Gasteiger partial charge on any atom is 0.255 e. The minimum Gasteiger partial charge on any atom is -0.493 e. The molecule has 2 aromatic carbocycles. The van der Waals surface area contributed by atoms with Crippen LogP contribution in [0.2, 0.25) is 0 Å². The number of ether oxygens (including phenoxy) is 1. The molecule has 0 aliphatic carbocycles. The third-order valence-electron chi connectivity index (χ3n) is 4.74. The Balaban J connectivity index is 1.46. The van der Waals surface area contributed by atoms with Crippen molar-refractivity contribution in [2.75, 3.05) is 31.6 Å². The normalized spacial score (nSPS) is 14.8. The summed E-state index contributed by atoms with van der Waals surface area (Å²) >= 11 is 0. The molecule has 2 aromatic rings. The van der Waals surface area contributed by atoms with E-state index in [1.165, 1.54) is 32.4 Å². The van der Waals surface area contributed by atoms with Gasteiger partial charge in [0.15, 0.2) is 0 Å². The fourth-order valence-corrected chi connectivity index (χ4v) is 3.23. The number of nitrogens with zero attached hydrogens (tertiary/aromatic N) is 1. The second-order valence-corrected chi connectivity index (χ2v) is 6.95. The van der Waals surface area contributed by atoms with Gasteiger partial charge < -0.3 is 15.0 Å². The summed E-state index contributed by atoms with van der Waals surface area (Å²) in [5, 5.41) is 2.93. The van der Waals surface area contributed by atoms with E-state index in [0.29, 0.717) is 12.2 Å². The van der Waals surface area contributed by atoms with Gasteiger partial charge >= 0.3 is 0 Å². The monoisotopic (exact) mass is 352 g/mol. The van der Waals surface area contributed by atoms with Crippen molar-refractivity contribution in [2.24, 2.45) is 0 Å². The Kier molecular flexibility index (Phi) is 6.67. The largest absolute Gasteiger partial charge is 0.493 e. The molecule has 3 rings (SSSR count). The highest BCUT2D eigenvalue weighted by molar-refractivity contribution is 6.04. The molecule has 1 aliphatic heterocycles. The van der Waals surface area contributed by atoms with Crippen LogP contribution < -0.4 is 10.1 Å². The summed E-state index contributed by atoms with van der Waals surface area (Å²) in [6.45, 7) is 6.25. The highest BCUT2D eigenvalue weighted by Crippen LogP contribution is 2.19. The Bertz CT molecular complexity index is 706. The van der Waals surface area contributed by atoms with E-state index in [9.17, 15) is 4.79 Å². The molecule has 0 spiro atoms. The average molecular weight is 352 g/mol. The molecule has 0 radical (unpaired) electrons. The van der Waals surface area contributed by atoms with Crippen molar-refractivity contribution in [3.8, 4) is 5.75 Å². The molecule has 1 heterocycles. The molecule has 0 atom stereocenters. The van der Waals surface area contributed by atoms with Crippen LogP contribution in [-0.4, -0.2) is 37.0 Å². The second kappa shape index (κ2) is 9.39. The first kappa shape index (κ1) is 18.5. The molecule has 1 amide bonds. The predicted molar refractivity (Wildman–Crippen MR) is 106 cm³/mol. The fourth-order valence-electron chi connectivity index (χ4n) is 3.23. The van der Waals surface area contributed by atoms with Crippen molar-refractivity contribution in [3.05, 3.63) is 59.7 Å². The Morgan fingerprint density at radius 3 is 2.62 bits per heavy atom. The molecular formula is C22H28N2O2. The van der Waals surface area contributed by atoms with Crippen LogP contribution in [0.25, 0.3) is 0 Å². The number of hydrogen-bond donors (Lipinski definition) is 1. The molecule has 0 saturated carbocycles. The Hall–Kier alpha value is -2.33. The lowest BCUT2D eigenvalue weighted by atomic mass is 10.1. The summed E-state index contributed by atoms with van der Waals surface area (Å²) in [6.07, 6.45) is 5.04. The van der Waals surface area contributed by atoms with Crippen molar-refractivity contribution < 1.29 is 9.53 Å². The quantitative estimate of drug-likeness (QED) is 0.746. The lowest BCUT2D eigenvalue weighted by molar-refractivity contribution is 0.102. The summed E-state index contributed by atoms with van der Waals surface area (Å²) in [5.41, 5.74) is 2.55. The third kappa shape index (κ3) is 5.60. The van der Waals surface area contributed by atoms with Crippen LogP contribution in [0.3, 0.4) is 0 Å². The Morgan fingerprint density at radius 1 is 1.08 bits per heavy atom. The van der Waals surface area contributed by atoms with Crippen LogP contribution in [0.4, 0.5) is 5.69 Å². The molecule has 1 aliphatic rings. The number of carbonyl (C=O) groups is 1. The number of likely N-dealkylation sites (tertiary alicyclic amines) is 1. The number of carbonyl (C=O) groups excluding carboxylic acids is 1. The van der Waals surface area contributed by atoms with Crippen molar-refractivity contribution >= 4 is 11.6 Å². The number of benzene rings is 2. The zero-order valence-corrected chi connectivity index (χ0v) is 15.5. The van der Waals surface area contributed by atoms with Gasteiger partial charge in [-0.2, -0.15) is 0 Å². The molecule has 0 aromatic heterocycles. The van der Waals surface area contributed by atoms with Gasteiger partial charge in [0.1, 0.15) is 5.75 Å². The summed E-state index contributed by atoms with van der Waals surface area (Å²) in [5.74, 6) is 0.692. The number of anilines is 1. The smallest absolute Gasteiger partial charge is 0.255 e. The molecule has 0 bridgehead atoms.